The van der Waals surface area contributed by atoms with E-state index < -0.39 is 11.7 Å². The van der Waals surface area contributed by atoms with E-state index >= 15 is 0 Å². The quantitative estimate of drug-likeness (QED) is 0.592. The van der Waals surface area contributed by atoms with Gasteiger partial charge in [-0.15, -0.1) is 6.58 Å². The first kappa shape index (κ1) is 20.5. The average molecular weight is 345 g/mol. The highest BCUT2D eigenvalue weighted by atomic mass is 16.6. The summed E-state index contributed by atoms with van der Waals surface area (Å²) in [4.78, 5) is 23.8. The van der Waals surface area contributed by atoms with Crippen molar-refractivity contribution < 1.29 is 19.1 Å². The van der Waals surface area contributed by atoms with Crippen molar-refractivity contribution in [3.05, 3.63) is 60.2 Å². The first-order chi connectivity index (χ1) is 11.7. The van der Waals surface area contributed by atoms with Crippen LogP contribution in [0.5, 0.6) is 0 Å². The van der Waals surface area contributed by atoms with Crippen molar-refractivity contribution in [1.82, 2.24) is 5.32 Å². The molecule has 0 heterocycles. The van der Waals surface area contributed by atoms with Gasteiger partial charge in [-0.25, -0.2) is 9.59 Å². The third-order valence-electron chi connectivity index (χ3n) is 3.27. The van der Waals surface area contributed by atoms with Crippen molar-refractivity contribution in [2.24, 2.45) is 0 Å². The van der Waals surface area contributed by atoms with E-state index in [0.717, 1.165) is 5.57 Å². The topological polar surface area (TPSA) is 64.6 Å². The highest BCUT2D eigenvalue weighted by Gasteiger charge is 2.19. The molecule has 5 heteroatoms. The second-order valence-electron chi connectivity index (χ2n) is 6.64. The van der Waals surface area contributed by atoms with Gasteiger partial charge < -0.3 is 14.8 Å². The molecule has 1 amide bonds. The highest BCUT2D eigenvalue weighted by molar-refractivity contribution is 5.89. The molecule has 1 rings (SSSR count). The summed E-state index contributed by atoms with van der Waals surface area (Å²) >= 11 is 0. The van der Waals surface area contributed by atoms with Crippen LogP contribution in [0.25, 0.3) is 0 Å². The molecule has 0 aliphatic rings. The summed E-state index contributed by atoms with van der Waals surface area (Å²) in [5.41, 5.74) is 0.806. The Bertz CT molecular complexity index is 614. The number of carbonyl (C=O) groups is 2. The lowest BCUT2D eigenvalue weighted by atomic mass is 10.1. The fourth-order valence-corrected chi connectivity index (χ4v) is 2.02. The maximum absolute atomic E-state index is 11.9. The maximum atomic E-state index is 11.9. The zero-order chi connectivity index (χ0) is 18.9. The highest BCUT2D eigenvalue weighted by Crippen LogP contribution is 2.11. The van der Waals surface area contributed by atoms with E-state index in [1.165, 1.54) is 0 Å². The Morgan fingerprint density at radius 2 is 1.88 bits per heavy atom. The molecule has 0 spiro atoms. The van der Waals surface area contributed by atoms with Crippen molar-refractivity contribution in [3.8, 4) is 0 Å². The molecule has 0 fully saturated rings. The van der Waals surface area contributed by atoms with E-state index in [-0.39, 0.29) is 18.6 Å². The van der Waals surface area contributed by atoms with E-state index in [1.54, 1.807) is 57.2 Å². The number of esters is 1. The largest absolute Gasteiger partial charge is 0.458 e. The number of hydrogen-bond acceptors (Lipinski definition) is 4. The summed E-state index contributed by atoms with van der Waals surface area (Å²) in [7, 11) is 0. The SMILES string of the molecule is C=CCC(NC(=O)OC(C)(C)C)C(C)=CCOC(=O)c1ccccc1. The summed E-state index contributed by atoms with van der Waals surface area (Å²) in [6.45, 7) is 11.1. The molecule has 1 aromatic rings. The first-order valence-electron chi connectivity index (χ1n) is 8.22. The Morgan fingerprint density at radius 3 is 2.44 bits per heavy atom. The van der Waals surface area contributed by atoms with Gasteiger partial charge >= 0.3 is 12.1 Å². The van der Waals surface area contributed by atoms with Crippen molar-refractivity contribution in [2.75, 3.05) is 6.61 Å². The molecule has 25 heavy (non-hydrogen) atoms. The molecular weight excluding hydrogens is 318 g/mol. The molecule has 136 valence electrons. The van der Waals surface area contributed by atoms with Crippen LogP contribution in [0, 0.1) is 0 Å². The molecule has 0 bridgehead atoms. The number of nitrogens with one attached hydrogen (secondary N) is 1. The summed E-state index contributed by atoms with van der Waals surface area (Å²) in [6.07, 6.45) is 3.55. The Balaban J connectivity index is 2.60. The number of amides is 1. The van der Waals surface area contributed by atoms with Gasteiger partial charge in [0, 0.05) is 0 Å². The molecule has 5 nitrogen and oxygen atoms in total. The molecule has 1 unspecified atom stereocenters. The predicted octanol–water partition coefficient (Wildman–Crippen LogP) is 4.26. The molecule has 0 radical (unpaired) electrons. The molecule has 1 aromatic carbocycles. The van der Waals surface area contributed by atoms with Gasteiger partial charge in [-0.2, -0.15) is 0 Å². The molecule has 0 saturated heterocycles. The lowest BCUT2D eigenvalue weighted by Crippen LogP contribution is -2.39. The third kappa shape index (κ3) is 8.20. The van der Waals surface area contributed by atoms with Crippen LogP contribution in [0.4, 0.5) is 4.79 Å². The molecule has 0 aliphatic heterocycles. The molecular formula is C20H27NO4. The molecule has 1 N–H and O–H groups in total. The van der Waals surface area contributed by atoms with Crippen LogP contribution in [0.15, 0.2) is 54.6 Å². The standard InChI is InChI=1S/C20H27NO4/c1-6-10-17(21-19(23)25-20(3,4)5)15(2)13-14-24-18(22)16-11-8-7-9-12-16/h6-9,11-13,17H,1,10,14H2,2-5H3,(H,21,23). The van der Waals surface area contributed by atoms with Crippen LogP contribution in [0.3, 0.4) is 0 Å². The van der Waals surface area contributed by atoms with Crippen LogP contribution in [0.1, 0.15) is 44.5 Å². The van der Waals surface area contributed by atoms with Crippen molar-refractivity contribution in [2.45, 2.75) is 45.8 Å². The maximum Gasteiger partial charge on any atom is 0.408 e. The van der Waals surface area contributed by atoms with E-state index in [9.17, 15) is 9.59 Å². The van der Waals surface area contributed by atoms with Gasteiger partial charge in [-0.05, 0) is 52.3 Å². The van der Waals surface area contributed by atoms with E-state index in [4.69, 9.17) is 9.47 Å². The lowest BCUT2D eigenvalue weighted by Gasteiger charge is -2.23. The van der Waals surface area contributed by atoms with E-state index in [1.807, 2.05) is 13.0 Å². The van der Waals surface area contributed by atoms with E-state index in [0.29, 0.717) is 12.0 Å². The van der Waals surface area contributed by atoms with Crippen LogP contribution in [0.2, 0.25) is 0 Å². The average Bonchev–Trinajstić information content (AvgIpc) is 2.53. The second kappa shape index (κ2) is 9.67. The summed E-state index contributed by atoms with van der Waals surface area (Å²) in [5.74, 6) is -0.384. The number of alkyl carbamates (subject to hydrolysis) is 1. The minimum absolute atomic E-state index is 0.128. The van der Waals surface area contributed by atoms with Gasteiger partial charge in [0.2, 0.25) is 0 Å². The van der Waals surface area contributed by atoms with Crippen LogP contribution in [-0.2, 0) is 9.47 Å². The molecule has 0 saturated carbocycles. The number of hydrogen-bond donors (Lipinski definition) is 1. The monoisotopic (exact) mass is 345 g/mol. The zero-order valence-electron chi connectivity index (χ0n) is 15.4. The third-order valence-corrected chi connectivity index (χ3v) is 3.27. The Labute approximate surface area is 149 Å². The van der Waals surface area contributed by atoms with Gasteiger partial charge in [0.05, 0.1) is 11.6 Å². The van der Waals surface area contributed by atoms with Crippen molar-refractivity contribution in [3.63, 3.8) is 0 Å². The number of rotatable bonds is 7. The number of carbonyl (C=O) groups excluding carboxylic acids is 2. The normalized spacial score (nSPS) is 12.9. The summed E-state index contributed by atoms with van der Waals surface area (Å²) in [6, 6.07) is 8.53. The molecule has 0 aliphatic carbocycles. The number of ether oxygens (including phenoxy) is 2. The number of benzene rings is 1. The smallest absolute Gasteiger partial charge is 0.408 e. The van der Waals surface area contributed by atoms with Crippen LogP contribution < -0.4 is 5.32 Å². The molecule has 1 atom stereocenters. The Morgan fingerprint density at radius 1 is 1.24 bits per heavy atom. The summed E-state index contributed by atoms with van der Waals surface area (Å²) in [5, 5.41) is 2.80. The van der Waals surface area contributed by atoms with Gasteiger partial charge in [0.25, 0.3) is 0 Å². The van der Waals surface area contributed by atoms with Gasteiger partial charge in [-0.1, -0.05) is 29.8 Å². The minimum Gasteiger partial charge on any atom is -0.458 e. The fraction of sp³-hybridized carbons (Fsp3) is 0.400. The van der Waals surface area contributed by atoms with Gasteiger partial charge in [-0.3, -0.25) is 0 Å². The molecule has 0 aromatic heterocycles. The van der Waals surface area contributed by atoms with Crippen LogP contribution in [-0.4, -0.2) is 30.3 Å². The van der Waals surface area contributed by atoms with Crippen molar-refractivity contribution >= 4 is 12.1 Å². The minimum atomic E-state index is -0.564. The second-order valence-corrected chi connectivity index (χ2v) is 6.64. The van der Waals surface area contributed by atoms with Crippen molar-refractivity contribution in [1.29, 1.82) is 0 Å². The van der Waals surface area contributed by atoms with Crippen LogP contribution >= 0.6 is 0 Å². The fourth-order valence-electron chi connectivity index (χ4n) is 2.02. The van der Waals surface area contributed by atoms with E-state index in [2.05, 4.69) is 11.9 Å². The predicted molar refractivity (Wildman–Crippen MR) is 98.5 cm³/mol. The zero-order valence-corrected chi connectivity index (χ0v) is 15.4. The van der Waals surface area contributed by atoms with Gasteiger partial charge in [0.1, 0.15) is 12.2 Å². The first-order valence-corrected chi connectivity index (χ1v) is 8.22. The Kier molecular flexibility index (Phi) is 7.92. The Hall–Kier alpha value is -2.56. The lowest BCUT2D eigenvalue weighted by molar-refractivity contribution is 0.0505. The summed E-state index contributed by atoms with van der Waals surface area (Å²) < 4.78 is 10.5. The van der Waals surface area contributed by atoms with Gasteiger partial charge in [0.15, 0.2) is 0 Å².